The standard InChI is InChI=1S/C20H23N5O2S/c1-5-25-17(16-12-11-15(27-4)13-21-16)23-24-19(25)28-20(2,3)18(26)22-14-9-7-6-8-10-14/h6-13H,5H2,1-4H3,(H,22,26). The zero-order valence-electron chi connectivity index (χ0n) is 16.3. The molecule has 0 aliphatic heterocycles. The molecule has 8 heteroatoms. The molecule has 2 heterocycles. The maximum Gasteiger partial charge on any atom is 0.240 e. The fourth-order valence-corrected chi connectivity index (χ4v) is 3.56. The molecule has 0 fully saturated rings. The number of methoxy groups -OCH3 is 1. The molecule has 0 radical (unpaired) electrons. The van der Waals surface area contributed by atoms with Crippen molar-refractivity contribution in [1.29, 1.82) is 0 Å². The van der Waals surface area contributed by atoms with Crippen LogP contribution in [-0.2, 0) is 11.3 Å². The van der Waals surface area contributed by atoms with E-state index in [1.54, 1.807) is 13.3 Å². The van der Waals surface area contributed by atoms with Gasteiger partial charge in [-0.1, -0.05) is 30.0 Å². The van der Waals surface area contributed by atoms with Crippen LogP contribution in [0.5, 0.6) is 5.75 Å². The van der Waals surface area contributed by atoms with E-state index in [0.29, 0.717) is 29.0 Å². The summed E-state index contributed by atoms with van der Waals surface area (Å²) in [6.45, 7) is 6.41. The number of carbonyl (C=O) groups excluding carboxylic acids is 1. The van der Waals surface area contributed by atoms with E-state index >= 15 is 0 Å². The topological polar surface area (TPSA) is 81.9 Å². The third-order valence-electron chi connectivity index (χ3n) is 4.16. The van der Waals surface area contributed by atoms with Gasteiger partial charge in [0.1, 0.15) is 11.4 Å². The van der Waals surface area contributed by atoms with E-state index in [9.17, 15) is 4.79 Å². The third-order valence-corrected chi connectivity index (χ3v) is 5.34. The molecule has 146 valence electrons. The number of hydrogen-bond donors (Lipinski definition) is 1. The zero-order valence-corrected chi connectivity index (χ0v) is 17.2. The third kappa shape index (κ3) is 4.33. The molecule has 28 heavy (non-hydrogen) atoms. The number of amides is 1. The SMILES string of the molecule is CCn1c(SC(C)(C)C(=O)Nc2ccccc2)nnc1-c1ccc(OC)cn1. The summed E-state index contributed by atoms with van der Waals surface area (Å²) in [6, 6.07) is 13.1. The summed E-state index contributed by atoms with van der Waals surface area (Å²) in [4.78, 5) is 17.2. The predicted molar refractivity (Wildman–Crippen MR) is 110 cm³/mol. The molecule has 0 bridgehead atoms. The molecule has 0 unspecified atom stereocenters. The molecule has 1 aromatic carbocycles. The fourth-order valence-electron chi connectivity index (χ4n) is 2.55. The lowest BCUT2D eigenvalue weighted by Crippen LogP contribution is -2.34. The van der Waals surface area contributed by atoms with Gasteiger partial charge in [0.15, 0.2) is 11.0 Å². The second-order valence-electron chi connectivity index (χ2n) is 6.57. The number of aromatic nitrogens is 4. The van der Waals surface area contributed by atoms with Crippen LogP contribution in [0.1, 0.15) is 20.8 Å². The van der Waals surface area contributed by atoms with Gasteiger partial charge in [0.25, 0.3) is 0 Å². The minimum absolute atomic E-state index is 0.0986. The Bertz CT molecular complexity index is 939. The van der Waals surface area contributed by atoms with E-state index in [1.807, 2.05) is 67.8 Å². The Morgan fingerprint density at radius 1 is 1.18 bits per heavy atom. The van der Waals surface area contributed by atoms with E-state index in [4.69, 9.17) is 4.74 Å². The number of nitrogens with zero attached hydrogens (tertiary/aromatic N) is 4. The van der Waals surface area contributed by atoms with E-state index < -0.39 is 4.75 Å². The average Bonchev–Trinajstić information content (AvgIpc) is 3.10. The van der Waals surface area contributed by atoms with Gasteiger partial charge in [-0.3, -0.25) is 4.79 Å². The minimum Gasteiger partial charge on any atom is -0.495 e. The smallest absolute Gasteiger partial charge is 0.240 e. The maximum absolute atomic E-state index is 12.8. The van der Waals surface area contributed by atoms with Gasteiger partial charge in [-0.25, -0.2) is 4.98 Å². The van der Waals surface area contributed by atoms with Crippen LogP contribution in [0.2, 0.25) is 0 Å². The molecule has 0 atom stereocenters. The molecule has 0 aliphatic rings. The summed E-state index contributed by atoms with van der Waals surface area (Å²) in [5.74, 6) is 1.24. The van der Waals surface area contributed by atoms with Gasteiger partial charge >= 0.3 is 0 Å². The Morgan fingerprint density at radius 2 is 1.93 bits per heavy atom. The van der Waals surface area contributed by atoms with Crippen molar-refractivity contribution in [2.75, 3.05) is 12.4 Å². The summed E-state index contributed by atoms with van der Waals surface area (Å²) in [5.41, 5.74) is 1.47. The highest BCUT2D eigenvalue weighted by Gasteiger charge is 2.32. The molecule has 0 saturated carbocycles. The van der Waals surface area contributed by atoms with Gasteiger partial charge in [-0.2, -0.15) is 0 Å². The average molecular weight is 398 g/mol. The molecule has 0 spiro atoms. The number of thioether (sulfide) groups is 1. The van der Waals surface area contributed by atoms with E-state index in [0.717, 1.165) is 5.69 Å². The molecule has 0 saturated heterocycles. The first-order chi connectivity index (χ1) is 13.4. The van der Waals surface area contributed by atoms with Crippen LogP contribution in [0.4, 0.5) is 5.69 Å². The van der Waals surface area contributed by atoms with Gasteiger partial charge < -0.3 is 14.6 Å². The monoisotopic (exact) mass is 397 g/mol. The fraction of sp³-hybridized carbons (Fsp3) is 0.300. The lowest BCUT2D eigenvalue weighted by molar-refractivity contribution is -0.117. The van der Waals surface area contributed by atoms with Crippen LogP contribution in [0.25, 0.3) is 11.5 Å². The summed E-state index contributed by atoms with van der Waals surface area (Å²) in [7, 11) is 1.60. The summed E-state index contributed by atoms with van der Waals surface area (Å²) < 4.78 is 6.37. The second-order valence-corrected chi connectivity index (χ2v) is 8.16. The van der Waals surface area contributed by atoms with E-state index in [1.165, 1.54) is 11.8 Å². The highest BCUT2D eigenvalue weighted by molar-refractivity contribution is 8.01. The number of para-hydroxylation sites is 1. The highest BCUT2D eigenvalue weighted by Crippen LogP contribution is 2.34. The number of carbonyl (C=O) groups is 1. The van der Waals surface area contributed by atoms with Gasteiger partial charge in [-0.15, -0.1) is 10.2 Å². The predicted octanol–water partition coefficient (Wildman–Crippen LogP) is 3.88. The van der Waals surface area contributed by atoms with Gasteiger partial charge in [0.05, 0.1) is 18.1 Å². The molecule has 3 aromatic rings. The van der Waals surface area contributed by atoms with E-state index in [2.05, 4.69) is 20.5 Å². The zero-order chi connectivity index (χ0) is 20.1. The van der Waals surface area contributed by atoms with Crippen molar-refractivity contribution in [3.63, 3.8) is 0 Å². The number of pyridine rings is 1. The Hall–Kier alpha value is -2.87. The molecular formula is C20H23N5O2S. The van der Waals surface area contributed by atoms with Crippen molar-refractivity contribution < 1.29 is 9.53 Å². The van der Waals surface area contributed by atoms with Crippen molar-refractivity contribution in [2.45, 2.75) is 37.2 Å². The van der Waals surface area contributed by atoms with Crippen molar-refractivity contribution in [2.24, 2.45) is 0 Å². The molecule has 2 aromatic heterocycles. The number of benzene rings is 1. The van der Waals surface area contributed by atoms with Gasteiger partial charge in [-0.05, 0) is 45.0 Å². The second kappa shape index (κ2) is 8.43. The van der Waals surface area contributed by atoms with Crippen LogP contribution in [-0.4, -0.2) is 37.5 Å². The minimum atomic E-state index is -0.736. The number of ether oxygens (including phenoxy) is 1. The lowest BCUT2D eigenvalue weighted by atomic mass is 10.2. The van der Waals surface area contributed by atoms with Crippen LogP contribution < -0.4 is 10.1 Å². The lowest BCUT2D eigenvalue weighted by Gasteiger charge is -2.22. The highest BCUT2D eigenvalue weighted by atomic mass is 32.2. The summed E-state index contributed by atoms with van der Waals surface area (Å²) in [5, 5.41) is 12.2. The van der Waals surface area contributed by atoms with Crippen LogP contribution in [0.3, 0.4) is 0 Å². The molecule has 1 amide bonds. The Labute approximate surface area is 168 Å². The van der Waals surface area contributed by atoms with Crippen molar-refractivity contribution in [1.82, 2.24) is 19.7 Å². The van der Waals surface area contributed by atoms with Gasteiger partial charge in [0.2, 0.25) is 5.91 Å². The maximum atomic E-state index is 12.8. The van der Waals surface area contributed by atoms with Crippen molar-refractivity contribution in [3.05, 3.63) is 48.7 Å². The molecule has 3 rings (SSSR count). The first kappa shape index (κ1) is 19.9. The van der Waals surface area contributed by atoms with Crippen LogP contribution in [0.15, 0.2) is 53.8 Å². The van der Waals surface area contributed by atoms with Crippen molar-refractivity contribution >= 4 is 23.4 Å². The van der Waals surface area contributed by atoms with Crippen LogP contribution in [0, 0.1) is 0 Å². The normalized spacial score (nSPS) is 11.3. The van der Waals surface area contributed by atoms with Crippen molar-refractivity contribution in [3.8, 4) is 17.3 Å². The Kier molecular flexibility index (Phi) is 5.99. The molecule has 7 nitrogen and oxygen atoms in total. The Balaban J connectivity index is 1.81. The quantitative estimate of drug-likeness (QED) is 0.609. The Morgan fingerprint density at radius 3 is 2.54 bits per heavy atom. The van der Waals surface area contributed by atoms with Gasteiger partial charge in [0, 0.05) is 12.2 Å². The number of hydrogen-bond acceptors (Lipinski definition) is 6. The van der Waals surface area contributed by atoms with Crippen LogP contribution >= 0.6 is 11.8 Å². The molecule has 1 N–H and O–H groups in total. The first-order valence-electron chi connectivity index (χ1n) is 8.93. The number of nitrogens with one attached hydrogen (secondary N) is 1. The van der Waals surface area contributed by atoms with E-state index in [-0.39, 0.29) is 5.91 Å². The summed E-state index contributed by atoms with van der Waals surface area (Å²) in [6.07, 6.45) is 1.65. The molecular weight excluding hydrogens is 374 g/mol. The number of anilines is 1. The molecule has 0 aliphatic carbocycles. The number of rotatable bonds is 7. The largest absolute Gasteiger partial charge is 0.495 e. The first-order valence-corrected chi connectivity index (χ1v) is 9.75. The summed E-state index contributed by atoms with van der Waals surface area (Å²) >= 11 is 1.37.